The van der Waals surface area contributed by atoms with Gasteiger partial charge in [0.1, 0.15) is 12.1 Å². The lowest BCUT2D eigenvalue weighted by Gasteiger charge is -2.34. The summed E-state index contributed by atoms with van der Waals surface area (Å²) in [6.45, 7) is 6.12. The van der Waals surface area contributed by atoms with Crippen LogP contribution in [0.15, 0.2) is 0 Å². The Morgan fingerprint density at radius 1 is 1.20 bits per heavy atom. The van der Waals surface area contributed by atoms with Gasteiger partial charge in [0, 0.05) is 13.1 Å². The normalized spacial score (nSPS) is 25.7. The SMILES string of the molecule is CCCNCCNC(=O)CN1C(=O)NC2(CCC(CC)CC2)C1=O.Cl. The maximum absolute atomic E-state index is 12.7. The van der Waals surface area contributed by atoms with Crippen molar-refractivity contribution in [2.45, 2.75) is 57.9 Å². The molecule has 1 aliphatic carbocycles. The lowest BCUT2D eigenvalue weighted by atomic mass is 9.75. The number of hydrogen-bond donors (Lipinski definition) is 3. The number of hydrogen-bond acceptors (Lipinski definition) is 4. The quantitative estimate of drug-likeness (QED) is 0.442. The maximum atomic E-state index is 12.7. The summed E-state index contributed by atoms with van der Waals surface area (Å²) in [6.07, 6.45) is 5.40. The molecule has 1 spiro atoms. The number of amides is 4. The third kappa shape index (κ3) is 5.31. The van der Waals surface area contributed by atoms with Crippen LogP contribution in [0.5, 0.6) is 0 Å². The van der Waals surface area contributed by atoms with Crippen molar-refractivity contribution in [1.82, 2.24) is 20.9 Å². The van der Waals surface area contributed by atoms with Gasteiger partial charge in [0.2, 0.25) is 5.91 Å². The van der Waals surface area contributed by atoms with Gasteiger partial charge >= 0.3 is 6.03 Å². The molecule has 2 rings (SSSR count). The van der Waals surface area contributed by atoms with Gasteiger partial charge in [-0.1, -0.05) is 20.3 Å². The van der Waals surface area contributed by atoms with E-state index in [0.29, 0.717) is 31.8 Å². The third-order valence-electron chi connectivity index (χ3n) is 5.13. The molecule has 1 saturated carbocycles. The van der Waals surface area contributed by atoms with Gasteiger partial charge in [0.25, 0.3) is 5.91 Å². The van der Waals surface area contributed by atoms with Crippen molar-refractivity contribution in [3.63, 3.8) is 0 Å². The largest absolute Gasteiger partial charge is 0.353 e. The molecular formula is C17H31ClN4O3. The minimum atomic E-state index is -0.772. The Bertz CT molecular complexity index is 479. The monoisotopic (exact) mass is 374 g/mol. The first kappa shape index (κ1) is 21.7. The van der Waals surface area contributed by atoms with Crippen molar-refractivity contribution in [3.05, 3.63) is 0 Å². The Morgan fingerprint density at radius 3 is 2.48 bits per heavy atom. The van der Waals surface area contributed by atoms with Crippen LogP contribution in [0.25, 0.3) is 0 Å². The van der Waals surface area contributed by atoms with Crippen LogP contribution in [-0.2, 0) is 9.59 Å². The first-order chi connectivity index (χ1) is 11.5. The molecule has 0 unspecified atom stereocenters. The van der Waals surface area contributed by atoms with Gasteiger partial charge in [0.15, 0.2) is 0 Å². The molecule has 0 radical (unpaired) electrons. The molecule has 0 bridgehead atoms. The van der Waals surface area contributed by atoms with Crippen molar-refractivity contribution < 1.29 is 14.4 Å². The lowest BCUT2D eigenvalue weighted by Crippen LogP contribution is -2.50. The first-order valence-corrected chi connectivity index (χ1v) is 9.14. The molecular weight excluding hydrogens is 344 g/mol. The molecule has 0 aromatic rings. The summed E-state index contributed by atoms with van der Waals surface area (Å²) < 4.78 is 0. The van der Waals surface area contributed by atoms with E-state index in [1.54, 1.807) is 0 Å². The van der Waals surface area contributed by atoms with Crippen LogP contribution in [0.2, 0.25) is 0 Å². The highest BCUT2D eigenvalue weighted by atomic mass is 35.5. The van der Waals surface area contributed by atoms with E-state index in [1.165, 1.54) is 0 Å². The van der Waals surface area contributed by atoms with E-state index >= 15 is 0 Å². The summed E-state index contributed by atoms with van der Waals surface area (Å²) in [6, 6.07) is -0.436. The van der Waals surface area contributed by atoms with Gasteiger partial charge in [-0.3, -0.25) is 14.5 Å². The fourth-order valence-electron chi connectivity index (χ4n) is 3.53. The van der Waals surface area contributed by atoms with E-state index in [0.717, 1.165) is 37.1 Å². The van der Waals surface area contributed by atoms with Gasteiger partial charge in [-0.25, -0.2) is 4.79 Å². The topological polar surface area (TPSA) is 90.5 Å². The molecule has 1 saturated heterocycles. The molecule has 2 aliphatic rings. The summed E-state index contributed by atoms with van der Waals surface area (Å²) in [5.41, 5.74) is -0.772. The Kier molecular flexibility index (Phi) is 8.65. The second-order valence-electron chi connectivity index (χ2n) is 6.86. The molecule has 0 aromatic heterocycles. The molecule has 1 aliphatic heterocycles. The zero-order chi connectivity index (χ0) is 17.6. The van der Waals surface area contributed by atoms with Gasteiger partial charge in [0.05, 0.1) is 0 Å². The van der Waals surface area contributed by atoms with Crippen molar-refractivity contribution in [2.75, 3.05) is 26.2 Å². The summed E-state index contributed by atoms with van der Waals surface area (Å²) in [5.74, 6) is 0.103. The second kappa shape index (κ2) is 9.97. The van der Waals surface area contributed by atoms with Crippen LogP contribution in [0.1, 0.15) is 52.4 Å². The highest BCUT2D eigenvalue weighted by molar-refractivity contribution is 6.09. The number of nitrogens with zero attached hydrogens (tertiary/aromatic N) is 1. The molecule has 4 amide bonds. The minimum Gasteiger partial charge on any atom is -0.353 e. The van der Waals surface area contributed by atoms with Crippen LogP contribution < -0.4 is 16.0 Å². The predicted molar refractivity (Wildman–Crippen MR) is 98.6 cm³/mol. The molecule has 7 nitrogen and oxygen atoms in total. The van der Waals surface area contributed by atoms with Crippen molar-refractivity contribution >= 4 is 30.3 Å². The number of nitrogens with one attached hydrogen (secondary N) is 3. The van der Waals surface area contributed by atoms with E-state index < -0.39 is 11.6 Å². The zero-order valence-electron chi connectivity index (χ0n) is 15.2. The van der Waals surface area contributed by atoms with Crippen molar-refractivity contribution in [2.24, 2.45) is 5.92 Å². The van der Waals surface area contributed by atoms with Gasteiger partial charge in [-0.2, -0.15) is 0 Å². The van der Waals surface area contributed by atoms with E-state index in [-0.39, 0.29) is 30.8 Å². The maximum Gasteiger partial charge on any atom is 0.325 e. The number of carbonyl (C=O) groups excluding carboxylic acids is 3. The Morgan fingerprint density at radius 2 is 1.88 bits per heavy atom. The van der Waals surface area contributed by atoms with E-state index in [2.05, 4.69) is 29.8 Å². The highest BCUT2D eigenvalue weighted by Crippen LogP contribution is 2.37. The van der Waals surface area contributed by atoms with Gasteiger partial charge in [-0.15, -0.1) is 12.4 Å². The third-order valence-corrected chi connectivity index (χ3v) is 5.13. The number of urea groups is 1. The average Bonchev–Trinajstić information content (AvgIpc) is 2.80. The van der Waals surface area contributed by atoms with Gasteiger partial charge in [-0.05, 0) is 44.6 Å². The molecule has 25 heavy (non-hydrogen) atoms. The Labute approximate surface area is 156 Å². The molecule has 3 N–H and O–H groups in total. The Balaban J connectivity index is 0.00000312. The molecule has 8 heteroatoms. The molecule has 2 fully saturated rings. The second-order valence-corrected chi connectivity index (χ2v) is 6.86. The van der Waals surface area contributed by atoms with E-state index in [9.17, 15) is 14.4 Å². The first-order valence-electron chi connectivity index (χ1n) is 9.14. The fraction of sp³-hybridized carbons (Fsp3) is 0.824. The van der Waals surface area contributed by atoms with Crippen LogP contribution in [-0.4, -0.2) is 54.5 Å². The molecule has 144 valence electrons. The van der Waals surface area contributed by atoms with Gasteiger partial charge < -0.3 is 16.0 Å². The zero-order valence-corrected chi connectivity index (χ0v) is 16.0. The minimum absolute atomic E-state index is 0. The van der Waals surface area contributed by atoms with Crippen molar-refractivity contribution in [1.29, 1.82) is 0 Å². The summed E-state index contributed by atoms with van der Waals surface area (Å²) in [5, 5.41) is 8.77. The number of carbonyl (C=O) groups is 3. The van der Waals surface area contributed by atoms with Crippen LogP contribution >= 0.6 is 12.4 Å². The van der Waals surface area contributed by atoms with Crippen LogP contribution in [0, 0.1) is 5.92 Å². The smallest absolute Gasteiger partial charge is 0.325 e. The fourth-order valence-corrected chi connectivity index (χ4v) is 3.53. The van der Waals surface area contributed by atoms with E-state index in [4.69, 9.17) is 0 Å². The average molecular weight is 375 g/mol. The summed E-state index contributed by atoms with van der Waals surface area (Å²) in [4.78, 5) is 37.9. The number of rotatable bonds is 8. The predicted octanol–water partition coefficient (Wildman–Crippen LogP) is 1.41. The Hall–Kier alpha value is -1.34. The van der Waals surface area contributed by atoms with Crippen LogP contribution in [0.3, 0.4) is 0 Å². The van der Waals surface area contributed by atoms with Crippen LogP contribution in [0.4, 0.5) is 4.79 Å². The standard InChI is InChI=1S/C17H30N4O3.ClH/c1-3-9-18-10-11-19-14(22)12-21-15(23)17(20-16(21)24)7-5-13(4-2)6-8-17;/h13,18H,3-12H2,1-2H3,(H,19,22)(H,20,24);1H. The molecule has 0 atom stereocenters. The number of imide groups is 1. The molecule has 0 aromatic carbocycles. The molecule has 1 heterocycles. The lowest BCUT2D eigenvalue weighted by molar-refractivity contribution is -0.136. The highest BCUT2D eigenvalue weighted by Gasteiger charge is 2.52. The summed E-state index contributed by atoms with van der Waals surface area (Å²) >= 11 is 0. The van der Waals surface area contributed by atoms with E-state index in [1.807, 2.05) is 0 Å². The summed E-state index contributed by atoms with van der Waals surface area (Å²) in [7, 11) is 0. The number of halogens is 1. The van der Waals surface area contributed by atoms with Crippen molar-refractivity contribution in [3.8, 4) is 0 Å².